The lowest BCUT2D eigenvalue weighted by molar-refractivity contribution is -0.118. The molecule has 0 radical (unpaired) electrons. The lowest BCUT2D eigenvalue weighted by Gasteiger charge is -2.18. The maximum absolute atomic E-state index is 12.6. The van der Waals surface area contributed by atoms with E-state index >= 15 is 0 Å². The maximum Gasteiger partial charge on any atom is 0.235 e. The van der Waals surface area contributed by atoms with E-state index < -0.39 is 0 Å². The molecule has 0 saturated carbocycles. The van der Waals surface area contributed by atoms with Gasteiger partial charge in [0.05, 0.1) is 11.4 Å². The Kier molecular flexibility index (Phi) is 2.74. The Morgan fingerprint density at radius 2 is 1.57 bits per heavy atom. The molecule has 2 aliphatic rings. The summed E-state index contributed by atoms with van der Waals surface area (Å²) >= 11 is 0. The van der Waals surface area contributed by atoms with Crippen LogP contribution >= 0.6 is 0 Å². The number of hydrogen-bond acceptors (Lipinski definition) is 3. The monoisotopic (exact) mass is 277 g/mol. The normalized spacial score (nSPS) is 23.2. The van der Waals surface area contributed by atoms with Crippen LogP contribution in [0.5, 0.6) is 0 Å². The number of fused-ring (bicyclic) bond motifs is 2. The fourth-order valence-electron chi connectivity index (χ4n) is 3.06. The molecule has 21 heavy (non-hydrogen) atoms. The number of nitrogens with zero attached hydrogens (tertiary/aromatic N) is 1. The molecule has 0 saturated heterocycles. The molecule has 2 aromatic carbocycles. The molecule has 4 heteroatoms. The third-order valence-corrected chi connectivity index (χ3v) is 4.11. The van der Waals surface area contributed by atoms with Gasteiger partial charge < -0.3 is 10.6 Å². The molecule has 2 heterocycles. The van der Waals surface area contributed by atoms with Gasteiger partial charge in [-0.25, -0.2) is 0 Å². The van der Waals surface area contributed by atoms with Gasteiger partial charge in [0, 0.05) is 12.5 Å². The van der Waals surface area contributed by atoms with E-state index in [2.05, 4.69) is 27.8 Å². The minimum absolute atomic E-state index is 0.0116. The molecule has 0 fully saturated rings. The van der Waals surface area contributed by atoms with Crippen LogP contribution in [0.1, 0.15) is 11.5 Å². The highest BCUT2D eigenvalue weighted by atomic mass is 16.2. The summed E-state index contributed by atoms with van der Waals surface area (Å²) in [4.78, 5) is 17.2. The van der Waals surface area contributed by atoms with Crippen molar-refractivity contribution in [2.45, 2.75) is 5.92 Å². The topological polar surface area (TPSA) is 53.5 Å². The third kappa shape index (κ3) is 2.00. The van der Waals surface area contributed by atoms with Gasteiger partial charge in [-0.3, -0.25) is 9.79 Å². The molecule has 0 spiro atoms. The molecule has 2 N–H and O–H groups in total. The second-order valence-corrected chi connectivity index (χ2v) is 5.38. The first kappa shape index (κ1) is 12.1. The van der Waals surface area contributed by atoms with Crippen LogP contribution in [0.2, 0.25) is 0 Å². The van der Waals surface area contributed by atoms with Crippen LogP contribution in [0.25, 0.3) is 0 Å². The first-order valence-corrected chi connectivity index (χ1v) is 7.09. The number of aliphatic imine (C=N–C) groups is 1. The average Bonchev–Trinajstić information content (AvgIpc) is 2.88. The Bertz CT molecular complexity index is 724. The number of carbonyl (C=O) groups is 1. The fourth-order valence-corrected chi connectivity index (χ4v) is 3.06. The molecule has 104 valence electrons. The summed E-state index contributed by atoms with van der Waals surface area (Å²) in [6, 6.07) is 17.8. The van der Waals surface area contributed by atoms with Crippen molar-refractivity contribution in [2.24, 2.45) is 10.9 Å². The maximum atomic E-state index is 12.6. The number of para-hydroxylation sites is 2. The van der Waals surface area contributed by atoms with Crippen molar-refractivity contribution in [3.8, 4) is 0 Å². The number of amidine groups is 1. The Balaban J connectivity index is 1.72. The van der Waals surface area contributed by atoms with E-state index in [4.69, 9.17) is 0 Å². The Hall–Kier alpha value is -2.62. The van der Waals surface area contributed by atoms with Gasteiger partial charge in [-0.2, -0.15) is 0 Å². The van der Waals surface area contributed by atoms with Crippen molar-refractivity contribution in [1.82, 2.24) is 0 Å². The average molecular weight is 277 g/mol. The van der Waals surface area contributed by atoms with Crippen molar-refractivity contribution in [3.63, 3.8) is 0 Å². The van der Waals surface area contributed by atoms with Crippen LogP contribution in [0, 0.1) is 5.92 Å². The van der Waals surface area contributed by atoms with Crippen molar-refractivity contribution in [3.05, 3.63) is 60.2 Å². The Labute approximate surface area is 122 Å². The number of benzene rings is 2. The SMILES string of the molecule is O=C1Nc2ccccc2NC2=NC[C@@H](c3ccccc3)[C@H]12. The molecule has 0 bridgehead atoms. The molecule has 2 aliphatic heterocycles. The largest absolute Gasteiger partial charge is 0.342 e. The van der Waals surface area contributed by atoms with Crippen LogP contribution in [-0.2, 0) is 4.79 Å². The molecule has 1 amide bonds. The number of nitrogens with one attached hydrogen (secondary N) is 2. The van der Waals surface area contributed by atoms with Crippen LogP contribution in [0.4, 0.5) is 11.4 Å². The molecule has 0 aromatic heterocycles. The molecule has 2 atom stereocenters. The van der Waals surface area contributed by atoms with Crippen LogP contribution < -0.4 is 10.6 Å². The molecule has 0 aliphatic carbocycles. The van der Waals surface area contributed by atoms with Gasteiger partial charge in [0.15, 0.2) is 0 Å². The van der Waals surface area contributed by atoms with Crippen LogP contribution in [0.15, 0.2) is 59.6 Å². The number of rotatable bonds is 1. The first-order valence-electron chi connectivity index (χ1n) is 7.09. The summed E-state index contributed by atoms with van der Waals surface area (Å²) in [5.41, 5.74) is 2.87. The summed E-state index contributed by atoms with van der Waals surface area (Å²) in [7, 11) is 0. The zero-order chi connectivity index (χ0) is 14.2. The minimum Gasteiger partial charge on any atom is -0.342 e. The second kappa shape index (κ2) is 4.74. The molecule has 4 nitrogen and oxygen atoms in total. The van der Waals surface area contributed by atoms with E-state index in [0.29, 0.717) is 6.54 Å². The second-order valence-electron chi connectivity index (χ2n) is 5.38. The Morgan fingerprint density at radius 1 is 0.905 bits per heavy atom. The quantitative estimate of drug-likeness (QED) is 0.842. The highest BCUT2D eigenvalue weighted by Gasteiger charge is 2.40. The van der Waals surface area contributed by atoms with Crippen molar-refractivity contribution >= 4 is 23.1 Å². The number of anilines is 2. The number of amides is 1. The molecular weight excluding hydrogens is 262 g/mol. The Morgan fingerprint density at radius 3 is 2.33 bits per heavy atom. The van der Waals surface area contributed by atoms with Crippen LogP contribution in [0.3, 0.4) is 0 Å². The zero-order valence-electron chi connectivity index (χ0n) is 11.4. The van der Waals surface area contributed by atoms with Crippen molar-refractivity contribution in [1.29, 1.82) is 0 Å². The highest BCUT2D eigenvalue weighted by Crippen LogP contribution is 2.36. The van der Waals surface area contributed by atoms with E-state index in [-0.39, 0.29) is 17.7 Å². The molecular formula is C17H15N3O. The summed E-state index contributed by atoms with van der Waals surface area (Å²) in [5.74, 6) is 0.631. The summed E-state index contributed by atoms with van der Waals surface area (Å²) in [6.07, 6.45) is 0. The van der Waals surface area contributed by atoms with E-state index in [0.717, 1.165) is 22.8 Å². The van der Waals surface area contributed by atoms with Gasteiger partial charge in [-0.1, -0.05) is 42.5 Å². The predicted octanol–water partition coefficient (Wildman–Crippen LogP) is 2.86. The third-order valence-electron chi connectivity index (χ3n) is 4.11. The van der Waals surface area contributed by atoms with Gasteiger partial charge in [-0.05, 0) is 17.7 Å². The van der Waals surface area contributed by atoms with E-state index in [9.17, 15) is 4.79 Å². The van der Waals surface area contributed by atoms with E-state index in [1.165, 1.54) is 0 Å². The first-order chi connectivity index (χ1) is 10.3. The molecule has 2 aromatic rings. The van der Waals surface area contributed by atoms with Crippen LogP contribution in [-0.4, -0.2) is 18.3 Å². The smallest absolute Gasteiger partial charge is 0.235 e. The van der Waals surface area contributed by atoms with E-state index in [1.54, 1.807) is 0 Å². The van der Waals surface area contributed by atoms with Gasteiger partial charge >= 0.3 is 0 Å². The lowest BCUT2D eigenvalue weighted by Crippen LogP contribution is -2.32. The van der Waals surface area contributed by atoms with Gasteiger partial charge in [0.1, 0.15) is 11.8 Å². The van der Waals surface area contributed by atoms with E-state index in [1.807, 2.05) is 42.5 Å². The summed E-state index contributed by atoms with van der Waals surface area (Å²) in [5, 5.41) is 6.33. The van der Waals surface area contributed by atoms with Gasteiger partial charge in [0.2, 0.25) is 5.91 Å². The van der Waals surface area contributed by atoms with Gasteiger partial charge in [-0.15, -0.1) is 0 Å². The predicted molar refractivity (Wildman–Crippen MR) is 83.7 cm³/mol. The lowest BCUT2D eigenvalue weighted by atomic mass is 9.87. The minimum atomic E-state index is -0.250. The number of carbonyl (C=O) groups excluding carboxylic acids is 1. The standard InChI is InChI=1S/C17H15N3O/c21-17-15-12(11-6-2-1-3-7-11)10-18-16(15)19-13-8-4-5-9-14(13)20-17/h1-9,12,15H,10H2,(H,18,19)(H,20,21)/t12-,15-/m0/s1. The fraction of sp³-hybridized carbons (Fsp3) is 0.176. The highest BCUT2D eigenvalue weighted by molar-refractivity contribution is 6.19. The van der Waals surface area contributed by atoms with Gasteiger partial charge in [0.25, 0.3) is 0 Å². The molecule has 0 unspecified atom stereocenters. The summed E-state index contributed by atoms with van der Waals surface area (Å²) < 4.78 is 0. The van der Waals surface area contributed by atoms with Crippen molar-refractivity contribution < 1.29 is 4.79 Å². The molecule has 4 rings (SSSR count). The van der Waals surface area contributed by atoms with Crippen molar-refractivity contribution in [2.75, 3.05) is 17.2 Å². The number of hydrogen-bond donors (Lipinski definition) is 2. The zero-order valence-corrected chi connectivity index (χ0v) is 11.4. The summed E-state index contributed by atoms with van der Waals surface area (Å²) in [6.45, 7) is 0.645.